The van der Waals surface area contributed by atoms with Gasteiger partial charge in [-0.15, -0.1) is 0 Å². The van der Waals surface area contributed by atoms with Gasteiger partial charge in [-0.25, -0.2) is 0 Å². The van der Waals surface area contributed by atoms with E-state index in [1.54, 1.807) is 4.68 Å². The van der Waals surface area contributed by atoms with Crippen molar-refractivity contribution in [2.45, 2.75) is 19.3 Å². The number of aromatic nitrogens is 4. The van der Waals surface area contributed by atoms with E-state index in [-0.39, 0.29) is 5.92 Å². The van der Waals surface area contributed by atoms with Crippen LogP contribution in [0.4, 0.5) is 5.95 Å². The van der Waals surface area contributed by atoms with Gasteiger partial charge in [0.1, 0.15) is 0 Å². The van der Waals surface area contributed by atoms with Crippen molar-refractivity contribution in [3.63, 3.8) is 0 Å². The zero-order valence-electron chi connectivity index (χ0n) is 13.0. The number of carbonyl (C=O) groups excluding carboxylic acids is 1. The summed E-state index contributed by atoms with van der Waals surface area (Å²) in [6.07, 6.45) is 3.07. The summed E-state index contributed by atoms with van der Waals surface area (Å²) in [4.78, 5) is 16.4. The first-order chi connectivity index (χ1) is 11.3. The van der Waals surface area contributed by atoms with Gasteiger partial charge in [0, 0.05) is 32.1 Å². The van der Waals surface area contributed by atoms with Crippen LogP contribution in [0.15, 0.2) is 30.3 Å². The number of nitrogens with zero attached hydrogens (tertiary/aromatic N) is 6. The lowest BCUT2D eigenvalue weighted by Crippen LogP contribution is -2.36. The number of hydrogen-bond donors (Lipinski definition) is 0. The molecule has 1 saturated carbocycles. The maximum Gasteiger partial charge on any atom is 0.250 e. The second kappa shape index (κ2) is 5.98. The van der Waals surface area contributed by atoms with Crippen LogP contribution in [0, 0.1) is 5.92 Å². The molecule has 1 saturated heterocycles. The Morgan fingerprint density at radius 1 is 1.04 bits per heavy atom. The number of hydrogen-bond acceptors (Lipinski definition) is 5. The minimum Gasteiger partial charge on any atom is -0.341 e. The molecule has 1 aliphatic carbocycles. The normalized spacial score (nSPS) is 18.8. The van der Waals surface area contributed by atoms with E-state index in [0.717, 1.165) is 57.1 Å². The average molecular weight is 312 g/mol. The number of tetrazole rings is 1. The summed E-state index contributed by atoms with van der Waals surface area (Å²) in [6.45, 7) is 3.21. The molecule has 1 aromatic carbocycles. The topological polar surface area (TPSA) is 67.2 Å². The van der Waals surface area contributed by atoms with Crippen LogP contribution >= 0.6 is 0 Å². The van der Waals surface area contributed by atoms with E-state index in [1.165, 1.54) is 0 Å². The van der Waals surface area contributed by atoms with Crippen LogP contribution in [-0.4, -0.2) is 57.2 Å². The SMILES string of the molecule is O=C(C1CC1)N1CCCN(c2nnnn2-c2ccccc2)CC1. The van der Waals surface area contributed by atoms with Gasteiger partial charge in [-0.1, -0.05) is 23.3 Å². The first kappa shape index (κ1) is 14.2. The summed E-state index contributed by atoms with van der Waals surface area (Å²) < 4.78 is 1.76. The molecule has 7 heteroatoms. The molecular weight excluding hydrogens is 292 g/mol. The minimum absolute atomic E-state index is 0.288. The molecule has 2 aromatic rings. The maximum atomic E-state index is 12.3. The zero-order valence-corrected chi connectivity index (χ0v) is 13.0. The lowest BCUT2D eigenvalue weighted by molar-refractivity contribution is -0.132. The fraction of sp³-hybridized carbons (Fsp3) is 0.500. The van der Waals surface area contributed by atoms with Crippen LogP contribution in [0.3, 0.4) is 0 Å². The van der Waals surface area contributed by atoms with Gasteiger partial charge in [0.25, 0.3) is 0 Å². The Kier molecular flexibility index (Phi) is 3.69. The van der Waals surface area contributed by atoms with E-state index in [1.807, 2.05) is 35.2 Å². The van der Waals surface area contributed by atoms with Gasteiger partial charge in [-0.3, -0.25) is 4.79 Å². The molecule has 2 aliphatic rings. The molecule has 1 aliphatic heterocycles. The Labute approximate surface area is 134 Å². The fourth-order valence-corrected chi connectivity index (χ4v) is 3.04. The van der Waals surface area contributed by atoms with Gasteiger partial charge in [-0.05, 0) is 41.8 Å². The van der Waals surface area contributed by atoms with Crippen LogP contribution < -0.4 is 4.90 Å². The molecule has 4 rings (SSSR count). The lowest BCUT2D eigenvalue weighted by Gasteiger charge is -2.22. The Hall–Kier alpha value is -2.44. The van der Waals surface area contributed by atoms with Crippen molar-refractivity contribution in [1.82, 2.24) is 25.1 Å². The van der Waals surface area contributed by atoms with Crippen molar-refractivity contribution < 1.29 is 4.79 Å². The highest BCUT2D eigenvalue weighted by atomic mass is 16.2. The van der Waals surface area contributed by atoms with Crippen molar-refractivity contribution in [1.29, 1.82) is 0 Å². The second-order valence-electron chi connectivity index (χ2n) is 6.17. The molecule has 2 fully saturated rings. The minimum atomic E-state index is 0.288. The average Bonchev–Trinajstić information content (AvgIpc) is 3.37. The molecule has 2 heterocycles. The molecule has 120 valence electrons. The van der Waals surface area contributed by atoms with E-state index in [2.05, 4.69) is 20.4 Å². The van der Waals surface area contributed by atoms with Crippen molar-refractivity contribution in [2.75, 3.05) is 31.1 Å². The Morgan fingerprint density at radius 3 is 2.65 bits per heavy atom. The number of carbonyl (C=O) groups is 1. The third kappa shape index (κ3) is 2.91. The lowest BCUT2D eigenvalue weighted by atomic mass is 10.3. The molecule has 7 nitrogen and oxygen atoms in total. The zero-order chi connectivity index (χ0) is 15.6. The van der Waals surface area contributed by atoms with Crippen molar-refractivity contribution >= 4 is 11.9 Å². The first-order valence-corrected chi connectivity index (χ1v) is 8.20. The van der Waals surface area contributed by atoms with E-state index in [0.29, 0.717) is 5.91 Å². The van der Waals surface area contributed by atoms with Crippen LogP contribution in [0.2, 0.25) is 0 Å². The quantitative estimate of drug-likeness (QED) is 0.849. The van der Waals surface area contributed by atoms with Gasteiger partial charge in [0.05, 0.1) is 5.69 Å². The van der Waals surface area contributed by atoms with Crippen molar-refractivity contribution in [2.24, 2.45) is 5.92 Å². The van der Waals surface area contributed by atoms with E-state index in [4.69, 9.17) is 0 Å². The van der Waals surface area contributed by atoms with Crippen LogP contribution in [0.5, 0.6) is 0 Å². The largest absolute Gasteiger partial charge is 0.341 e. The van der Waals surface area contributed by atoms with E-state index in [9.17, 15) is 4.79 Å². The number of anilines is 1. The summed E-state index contributed by atoms with van der Waals surface area (Å²) >= 11 is 0. The third-order valence-corrected chi connectivity index (χ3v) is 4.47. The highest BCUT2D eigenvalue weighted by Crippen LogP contribution is 2.31. The highest BCUT2D eigenvalue weighted by molar-refractivity contribution is 5.81. The summed E-state index contributed by atoms with van der Waals surface area (Å²) in [5.74, 6) is 1.36. The molecule has 0 bridgehead atoms. The molecule has 1 aromatic heterocycles. The standard InChI is InChI=1S/C16H20N6O/c23-15(13-7-8-13)20-9-4-10-21(12-11-20)16-17-18-19-22(16)14-5-2-1-3-6-14/h1-3,5-6,13H,4,7-12H2. The van der Waals surface area contributed by atoms with E-state index >= 15 is 0 Å². The molecule has 0 N–H and O–H groups in total. The van der Waals surface area contributed by atoms with Gasteiger partial charge in [0.15, 0.2) is 0 Å². The predicted octanol–water partition coefficient (Wildman–Crippen LogP) is 1.11. The first-order valence-electron chi connectivity index (χ1n) is 8.20. The summed E-state index contributed by atoms with van der Waals surface area (Å²) in [6, 6.07) is 9.89. The fourth-order valence-electron chi connectivity index (χ4n) is 3.04. The Bertz CT molecular complexity index is 681. The van der Waals surface area contributed by atoms with Crippen LogP contribution in [-0.2, 0) is 4.79 Å². The summed E-state index contributed by atoms with van der Waals surface area (Å²) in [5.41, 5.74) is 0.947. The molecule has 0 radical (unpaired) electrons. The van der Waals surface area contributed by atoms with Gasteiger partial charge in [-0.2, -0.15) is 4.68 Å². The molecule has 23 heavy (non-hydrogen) atoms. The number of rotatable bonds is 3. The number of amides is 1. The predicted molar refractivity (Wildman–Crippen MR) is 85.3 cm³/mol. The number of para-hydroxylation sites is 1. The van der Waals surface area contributed by atoms with Crippen LogP contribution in [0.1, 0.15) is 19.3 Å². The molecule has 0 spiro atoms. The van der Waals surface area contributed by atoms with E-state index < -0.39 is 0 Å². The van der Waals surface area contributed by atoms with Gasteiger partial charge < -0.3 is 9.80 Å². The van der Waals surface area contributed by atoms with Crippen molar-refractivity contribution in [3.05, 3.63) is 30.3 Å². The maximum absolute atomic E-state index is 12.3. The highest BCUT2D eigenvalue weighted by Gasteiger charge is 2.34. The molecule has 0 unspecified atom stereocenters. The third-order valence-electron chi connectivity index (χ3n) is 4.47. The monoisotopic (exact) mass is 312 g/mol. The smallest absolute Gasteiger partial charge is 0.250 e. The number of benzene rings is 1. The second-order valence-corrected chi connectivity index (χ2v) is 6.17. The molecular formula is C16H20N6O. The summed E-state index contributed by atoms with van der Waals surface area (Å²) in [5, 5.41) is 12.2. The van der Waals surface area contributed by atoms with Gasteiger partial charge in [0.2, 0.25) is 11.9 Å². The summed E-state index contributed by atoms with van der Waals surface area (Å²) in [7, 11) is 0. The van der Waals surface area contributed by atoms with Crippen LogP contribution in [0.25, 0.3) is 5.69 Å². The van der Waals surface area contributed by atoms with Crippen molar-refractivity contribution in [3.8, 4) is 5.69 Å². The van der Waals surface area contributed by atoms with Gasteiger partial charge >= 0.3 is 0 Å². The molecule has 1 amide bonds. The molecule has 0 atom stereocenters. The Morgan fingerprint density at radius 2 is 1.87 bits per heavy atom. The Balaban J connectivity index is 1.51.